The maximum atomic E-state index is 13.2. The third kappa shape index (κ3) is 5.37. The first kappa shape index (κ1) is 19.0. The molecule has 0 unspecified atom stereocenters. The Kier molecular flexibility index (Phi) is 6.37. The molecule has 2 amide bonds. The Hall–Kier alpha value is -3.29. The van der Waals surface area contributed by atoms with Gasteiger partial charge in [0, 0.05) is 44.3 Å². The number of nitro benzene ring substituents is 1. The van der Waals surface area contributed by atoms with Crippen molar-refractivity contribution < 1.29 is 18.9 Å². The van der Waals surface area contributed by atoms with Crippen molar-refractivity contribution in [3.8, 4) is 0 Å². The summed E-state index contributed by atoms with van der Waals surface area (Å²) in [4.78, 5) is 35.5. The largest absolute Gasteiger partial charge is 0.352 e. The number of hydrogen-bond acceptors (Lipinski definition) is 4. The van der Waals surface area contributed by atoms with E-state index in [4.69, 9.17) is 0 Å². The van der Waals surface area contributed by atoms with Gasteiger partial charge in [-0.15, -0.1) is 0 Å². The van der Waals surface area contributed by atoms with Gasteiger partial charge in [0.05, 0.1) is 4.92 Å². The number of amides is 2. The van der Waals surface area contributed by atoms with Gasteiger partial charge in [0.2, 0.25) is 5.91 Å². The zero-order chi connectivity index (χ0) is 19.1. The zero-order valence-electron chi connectivity index (χ0n) is 14.1. The maximum absolute atomic E-state index is 13.2. The van der Waals surface area contributed by atoms with E-state index in [0.29, 0.717) is 5.56 Å². The fraction of sp³-hybridized carbons (Fsp3) is 0.222. The molecule has 0 bridgehead atoms. The van der Waals surface area contributed by atoms with Crippen LogP contribution in [0.1, 0.15) is 22.3 Å². The van der Waals surface area contributed by atoms with Crippen molar-refractivity contribution in [3.05, 3.63) is 75.6 Å². The van der Waals surface area contributed by atoms with E-state index < -0.39 is 10.8 Å². The molecule has 0 fully saturated rings. The summed E-state index contributed by atoms with van der Waals surface area (Å²) in [5, 5.41) is 13.2. The second-order valence-corrected chi connectivity index (χ2v) is 5.69. The Morgan fingerprint density at radius 1 is 1.19 bits per heavy atom. The third-order valence-electron chi connectivity index (χ3n) is 3.70. The minimum absolute atomic E-state index is 0.0878. The molecule has 0 aromatic heterocycles. The molecule has 0 aliphatic rings. The Labute approximate surface area is 149 Å². The number of benzene rings is 2. The van der Waals surface area contributed by atoms with Crippen LogP contribution in [0.15, 0.2) is 48.5 Å². The van der Waals surface area contributed by atoms with Crippen molar-refractivity contribution in [2.24, 2.45) is 0 Å². The first-order valence-electron chi connectivity index (χ1n) is 7.88. The number of nitrogens with one attached hydrogen (secondary N) is 1. The van der Waals surface area contributed by atoms with E-state index in [2.05, 4.69) is 5.32 Å². The molecule has 0 heterocycles. The number of hydrogen-bond donors (Lipinski definition) is 1. The second-order valence-electron chi connectivity index (χ2n) is 5.69. The number of carbonyl (C=O) groups is 2. The highest BCUT2D eigenvalue weighted by Crippen LogP contribution is 2.12. The molecule has 0 saturated heterocycles. The molecule has 7 nitrogen and oxygen atoms in total. The summed E-state index contributed by atoms with van der Waals surface area (Å²) in [6, 6.07) is 11.2. The highest BCUT2D eigenvalue weighted by molar-refractivity contribution is 5.94. The number of rotatable bonds is 7. The highest BCUT2D eigenvalue weighted by atomic mass is 19.1. The Bertz CT molecular complexity index is 808. The van der Waals surface area contributed by atoms with Crippen molar-refractivity contribution >= 4 is 17.5 Å². The Balaban J connectivity index is 1.79. The predicted molar refractivity (Wildman–Crippen MR) is 92.9 cm³/mol. The minimum atomic E-state index is -0.547. The average molecular weight is 359 g/mol. The first-order chi connectivity index (χ1) is 12.4. The zero-order valence-corrected chi connectivity index (χ0v) is 14.1. The normalized spacial score (nSPS) is 10.2. The summed E-state index contributed by atoms with van der Waals surface area (Å²) in [6.07, 6.45) is 0.0878. The standard InChI is InChI=1S/C18H18FN3O4/c1-21(12-13-3-2-4-15(19)11-13)17(23)9-10-20-18(24)14-5-7-16(8-6-14)22(25)26/h2-8,11H,9-10,12H2,1H3,(H,20,24). The van der Waals surface area contributed by atoms with E-state index in [0.717, 1.165) is 0 Å². The van der Waals surface area contributed by atoms with E-state index in [1.54, 1.807) is 19.2 Å². The smallest absolute Gasteiger partial charge is 0.269 e. The summed E-state index contributed by atoms with van der Waals surface area (Å²) in [6.45, 7) is 0.398. The van der Waals surface area contributed by atoms with Crippen LogP contribution in [0.2, 0.25) is 0 Å². The maximum Gasteiger partial charge on any atom is 0.269 e. The van der Waals surface area contributed by atoms with Crippen LogP contribution in [0.3, 0.4) is 0 Å². The average Bonchev–Trinajstić information content (AvgIpc) is 2.61. The van der Waals surface area contributed by atoms with Crippen molar-refractivity contribution in [2.75, 3.05) is 13.6 Å². The SMILES string of the molecule is CN(Cc1cccc(F)c1)C(=O)CCNC(=O)c1ccc([N+](=O)[O-])cc1. The molecular weight excluding hydrogens is 341 g/mol. The number of nitro groups is 1. The number of carbonyl (C=O) groups excluding carboxylic acids is 2. The second kappa shape index (κ2) is 8.70. The molecule has 0 radical (unpaired) electrons. The summed E-state index contributed by atoms with van der Waals surface area (Å²) in [5.74, 6) is -0.975. The van der Waals surface area contributed by atoms with E-state index in [9.17, 15) is 24.1 Å². The Morgan fingerprint density at radius 2 is 1.88 bits per heavy atom. The van der Waals surface area contributed by atoms with E-state index in [-0.39, 0.29) is 42.5 Å². The molecule has 0 spiro atoms. The van der Waals surface area contributed by atoms with E-state index in [1.165, 1.54) is 41.3 Å². The minimum Gasteiger partial charge on any atom is -0.352 e. The van der Waals surface area contributed by atoms with Crippen molar-refractivity contribution in [3.63, 3.8) is 0 Å². The number of nitrogens with zero attached hydrogens (tertiary/aromatic N) is 2. The molecule has 2 rings (SSSR count). The molecule has 26 heavy (non-hydrogen) atoms. The Morgan fingerprint density at radius 3 is 2.50 bits per heavy atom. The van der Waals surface area contributed by atoms with Gasteiger partial charge in [0.1, 0.15) is 5.82 Å². The van der Waals surface area contributed by atoms with Crippen LogP contribution in [0.4, 0.5) is 10.1 Å². The molecular formula is C18H18FN3O4. The summed E-state index contributed by atoms with van der Waals surface area (Å²) < 4.78 is 13.2. The monoisotopic (exact) mass is 359 g/mol. The fourth-order valence-corrected chi connectivity index (χ4v) is 2.31. The molecule has 8 heteroatoms. The topological polar surface area (TPSA) is 92.6 Å². The van der Waals surface area contributed by atoms with Crippen molar-refractivity contribution in [1.82, 2.24) is 10.2 Å². The summed E-state index contributed by atoms with van der Waals surface area (Å²) in [5.41, 5.74) is 0.850. The molecule has 2 aromatic rings. The summed E-state index contributed by atoms with van der Waals surface area (Å²) in [7, 11) is 1.60. The molecule has 136 valence electrons. The van der Waals surface area contributed by atoms with E-state index in [1.807, 2.05) is 0 Å². The van der Waals surface area contributed by atoms with Crippen molar-refractivity contribution in [2.45, 2.75) is 13.0 Å². The van der Waals surface area contributed by atoms with Gasteiger partial charge in [-0.3, -0.25) is 19.7 Å². The van der Waals surface area contributed by atoms with Crippen LogP contribution in [0.5, 0.6) is 0 Å². The quantitative estimate of drug-likeness (QED) is 0.607. The molecule has 0 saturated carbocycles. The van der Waals surface area contributed by atoms with Crippen LogP contribution in [-0.4, -0.2) is 35.2 Å². The van der Waals surface area contributed by atoms with Crippen LogP contribution < -0.4 is 5.32 Å². The first-order valence-corrected chi connectivity index (χ1v) is 7.88. The van der Waals surface area contributed by atoms with Gasteiger partial charge in [0.15, 0.2) is 0 Å². The fourth-order valence-electron chi connectivity index (χ4n) is 2.31. The molecule has 1 N–H and O–H groups in total. The van der Waals surface area contributed by atoms with Crippen LogP contribution >= 0.6 is 0 Å². The van der Waals surface area contributed by atoms with Gasteiger partial charge in [0.25, 0.3) is 11.6 Å². The lowest BCUT2D eigenvalue weighted by atomic mass is 10.2. The van der Waals surface area contributed by atoms with Gasteiger partial charge in [-0.05, 0) is 29.8 Å². The highest BCUT2D eigenvalue weighted by Gasteiger charge is 2.12. The lowest BCUT2D eigenvalue weighted by molar-refractivity contribution is -0.384. The van der Waals surface area contributed by atoms with E-state index >= 15 is 0 Å². The van der Waals surface area contributed by atoms with Gasteiger partial charge < -0.3 is 10.2 Å². The lowest BCUT2D eigenvalue weighted by Crippen LogP contribution is -2.31. The molecule has 0 aliphatic carbocycles. The predicted octanol–water partition coefficient (Wildman–Crippen LogP) is 2.51. The van der Waals surface area contributed by atoms with Crippen LogP contribution in [0.25, 0.3) is 0 Å². The molecule has 0 aliphatic heterocycles. The van der Waals surface area contributed by atoms with Gasteiger partial charge >= 0.3 is 0 Å². The van der Waals surface area contributed by atoms with Gasteiger partial charge in [-0.2, -0.15) is 0 Å². The third-order valence-corrected chi connectivity index (χ3v) is 3.70. The summed E-state index contributed by atoms with van der Waals surface area (Å²) >= 11 is 0. The van der Waals surface area contributed by atoms with Gasteiger partial charge in [-0.1, -0.05) is 12.1 Å². The number of halogens is 1. The van der Waals surface area contributed by atoms with Crippen LogP contribution in [0, 0.1) is 15.9 Å². The van der Waals surface area contributed by atoms with Gasteiger partial charge in [-0.25, -0.2) is 4.39 Å². The van der Waals surface area contributed by atoms with Crippen LogP contribution in [-0.2, 0) is 11.3 Å². The number of non-ortho nitro benzene ring substituents is 1. The van der Waals surface area contributed by atoms with Crippen molar-refractivity contribution in [1.29, 1.82) is 0 Å². The molecule has 2 aromatic carbocycles. The molecule has 0 atom stereocenters. The lowest BCUT2D eigenvalue weighted by Gasteiger charge is -2.17.